The molecule has 110 valence electrons. The van der Waals surface area contributed by atoms with Gasteiger partial charge in [0.15, 0.2) is 0 Å². The Balaban J connectivity index is 2.22. The topological polar surface area (TPSA) is 46.5 Å². The van der Waals surface area contributed by atoms with Crippen molar-refractivity contribution in [2.75, 3.05) is 0 Å². The molecule has 0 amide bonds. The monoisotopic (exact) mass is 376 g/mol. The second-order valence-corrected chi connectivity index (χ2v) is 5.36. The number of aromatic carboxylic acids is 1. The summed E-state index contributed by atoms with van der Waals surface area (Å²) in [4.78, 5) is 10.8. The molecule has 3 nitrogen and oxygen atoms in total. The van der Waals surface area contributed by atoms with Crippen LogP contribution in [-0.4, -0.2) is 11.1 Å². The molecule has 7 heteroatoms. The number of carboxylic acids is 1. The molecule has 0 saturated heterocycles. The van der Waals surface area contributed by atoms with Crippen molar-refractivity contribution < 1.29 is 23.4 Å². The van der Waals surface area contributed by atoms with Crippen molar-refractivity contribution in [1.82, 2.24) is 0 Å². The highest BCUT2D eigenvalue weighted by atomic mass is 79.9. The van der Waals surface area contributed by atoms with Gasteiger partial charge in [0, 0.05) is 11.6 Å². The zero-order chi connectivity index (χ0) is 15.6. The summed E-state index contributed by atoms with van der Waals surface area (Å²) in [5, 5.41) is 8.79. The van der Waals surface area contributed by atoms with Crippen molar-refractivity contribution in [3.8, 4) is 5.75 Å². The molecule has 0 heterocycles. The maximum absolute atomic E-state index is 13.6. The Morgan fingerprint density at radius 3 is 2.62 bits per heavy atom. The first-order valence-corrected chi connectivity index (χ1v) is 6.84. The molecule has 0 aromatic heterocycles. The molecule has 0 aliphatic carbocycles. The normalized spacial score (nSPS) is 10.5. The van der Waals surface area contributed by atoms with Gasteiger partial charge in [-0.3, -0.25) is 0 Å². The Kier molecular flexibility index (Phi) is 4.80. The van der Waals surface area contributed by atoms with Crippen LogP contribution in [0.1, 0.15) is 15.9 Å². The van der Waals surface area contributed by atoms with Gasteiger partial charge < -0.3 is 9.84 Å². The van der Waals surface area contributed by atoms with Crippen molar-refractivity contribution in [2.45, 2.75) is 6.61 Å². The molecule has 0 aliphatic rings. The first-order valence-electron chi connectivity index (χ1n) is 5.67. The Labute approximate surface area is 132 Å². The molecule has 0 aliphatic heterocycles. The van der Waals surface area contributed by atoms with E-state index >= 15 is 0 Å². The molecule has 0 radical (unpaired) electrons. The summed E-state index contributed by atoms with van der Waals surface area (Å²) in [5.41, 5.74) is -0.00601. The number of ether oxygens (including phenoxy) is 1. The predicted octanol–water partition coefficient (Wildman–Crippen LogP) is 4.66. The third-order valence-corrected chi connectivity index (χ3v) is 3.56. The van der Waals surface area contributed by atoms with Crippen molar-refractivity contribution in [3.63, 3.8) is 0 Å². The van der Waals surface area contributed by atoms with Crippen LogP contribution in [0.4, 0.5) is 8.78 Å². The summed E-state index contributed by atoms with van der Waals surface area (Å²) in [7, 11) is 0. The van der Waals surface area contributed by atoms with E-state index in [0.717, 1.165) is 24.3 Å². The van der Waals surface area contributed by atoms with Crippen LogP contribution in [-0.2, 0) is 6.61 Å². The summed E-state index contributed by atoms with van der Waals surface area (Å²) in [6.45, 7) is -0.243. The lowest BCUT2D eigenvalue weighted by Gasteiger charge is -2.10. The lowest BCUT2D eigenvalue weighted by Crippen LogP contribution is -2.03. The number of carboxylic acid groups (broad SMARTS) is 1. The van der Waals surface area contributed by atoms with Gasteiger partial charge in [-0.2, -0.15) is 0 Å². The average molecular weight is 378 g/mol. The third-order valence-electron chi connectivity index (χ3n) is 2.65. The molecule has 2 aromatic carbocycles. The van der Waals surface area contributed by atoms with Crippen LogP contribution in [0.5, 0.6) is 5.75 Å². The Hall–Kier alpha value is -1.66. The fourth-order valence-corrected chi connectivity index (χ4v) is 2.34. The minimum Gasteiger partial charge on any atom is -0.488 e. The fourth-order valence-electron chi connectivity index (χ4n) is 1.59. The number of hydrogen-bond donors (Lipinski definition) is 1. The number of halogens is 4. The molecule has 2 rings (SSSR count). The Morgan fingerprint density at radius 1 is 1.24 bits per heavy atom. The van der Waals surface area contributed by atoms with Crippen molar-refractivity contribution in [2.24, 2.45) is 0 Å². The lowest BCUT2D eigenvalue weighted by atomic mass is 10.1. The third kappa shape index (κ3) is 3.71. The molecule has 0 unspecified atom stereocenters. The lowest BCUT2D eigenvalue weighted by molar-refractivity contribution is 0.0696. The van der Waals surface area contributed by atoms with Crippen molar-refractivity contribution in [3.05, 3.63) is 62.6 Å². The van der Waals surface area contributed by atoms with Gasteiger partial charge in [0.2, 0.25) is 0 Å². The first kappa shape index (κ1) is 15.7. The highest BCUT2D eigenvalue weighted by molar-refractivity contribution is 9.10. The Morgan fingerprint density at radius 2 is 1.95 bits per heavy atom. The summed E-state index contributed by atoms with van der Waals surface area (Å²) >= 11 is 8.75. The largest absolute Gasteiger partial charge is 0.488 e. The standard InChI is InChI=1S/C14H8BrClF2O3/c15-9-4-10(16)12(18)5-13(9)21-6-8-3-7(14(19)20)1-2-11(8)17/h1-5H,6H2,(H,19,20). The zero-order valence-corrected chi connectivity index (χ0v) is 12.7. The SMILES string of the molecule is O=C(O)c1ccc(F)c(COc2cc(F)c(Cl)cc2Br)c1. The summed E-state index contributed by atoms with van der Waals surface area (Å²) in [6, 6.07) is 5.73. The molecule has 0 spiro atoms. The van der Waals surface area contributed by atoms with E-state index in [1.807, 2.05) is 0 Å². The number of carbonyl (C=O) groups is 1. The summed E-state index contributed by atoms with van der Waals surface area (Å²) in [6.07, 6.45) is 0. The molecule has 0 bridgehead atoms. The van der Waals surface area contributed by atoms with E-state index in [1.54, 1.807) is 0 Å². The highest BCUT2D eigenvalue weighted by Gasteiger charge is 2.12. The maximum atomic E-state index is 13.6. The van der Waals surface area contributed by atoms with E-state index in [1.165, 1.54) is 6.07 Å². The zero-order valence-electron chi connectivity index (χ0n) is 10.4. The molecule has 2 aromatic rings. The fraction of sp³-hybridized carbons (Fsp3) is 0.0714. The van der Waals surface area contributed by atoms with Crippen LogP contribution in [0.25, 0.3) is 0 Å². The van der Waals surface area contributed by atoms with Crippen LogP contribution in [0, 0.1) is 11.6 Å². The van der Waals surface area contributed by atoms with E-state index in [9.17, 15) is 13.6 Å². The Bertz CT molecular complexity index is 707. The average Bonchev–Trinajstić information content (AvgIpc) is 2.42. The molecule has 0 saturated carbocycles. The smallest absolute Gasteiger partial charge is 0.335 e. The molecular weight excluding hydrogens is 370 g/mol. The van der Waals surface area contributed by atoms with Crippen LogP contribution in [0.2, 0.25) is 5.02 Å². The van der Waals surface area contributed by atoms with Gasteiger partial charge in [-0.25, -0.2) is 13.6 Å². The minimum atomic E-state index is -1.17. The molecule has 1 N–H and O–H groups in total. The van der Waals surface area contributed by atoms with Gasteiger partial charge in [0.25, 0.3) is 0 Å². The first-order chi connectivity index (χ1) is 9.88. The highest BCUT2D eigenvalue weighted by Crippen LogP contribution is 2.31. The van der Waals surface area contributed by atoms with Gasteiger partial charge in [-0.1, -0.05) is 11.6 Å². The maximum Gasteiger partial charge on any atom is 0.335 e. The number of hydrogen-bond acceptors (Lipinski definition) is 2. The van der Waals surface area contributed by atoms with E-state index < -0.39 is 17.6 Å². The predicted molar refractivity (Wildman–Crippen MR) is 76.8 cm³/mol. The molecule has 0 atom stereocenters. The van der Waals surface area contributed by atoms with Gasteiger partial charge in [-0.15, -0.1) is 0 Å². The van der Waals surface area contributed by atoms with Gasteiger partial charge >= 0.3 is 5.97 Å². The van der Waals surface area contributed by atoms with E-state index in [-0.39, 0.29) is 28.5 Å². The number of benzene rings is 2. The van der Waals surface area contributed by atoms with E-state index in [0.29, 0.717) is 4.47 Å². The second-order valence-electron chi connectivity index (χ2n) is 4.10. The van der Waals surface area contributed by atoms with Crippen molar-refractivity contribution in [1.29, 1.82) is 0 Å². The van der Waals surface area contributed by atoms with Crippen LogP contribution in [0.3, 0.4) is 0 Å². The van der Waals surface area contributed by atoms with Gasteiger partial charge in [0.05, 0.1) is 15.1 Å². The molecule has 21 heavy (non-hydrogen) atoms. The summed E-state index contributed by atoms with van der Waals surface area (Å²) in [5.74, 6) is -2.31. The van der Waals surface area contributed by atoms with Gasteiger partial charge in [0.1, 0.15) is 24.0 Å². The number of rotatable bonds is 4. The van der Waals surface area contributed by atoms with Crippen LogP contribution < -0.4 is 4.74 Å². The molecular formula is C14H8BrClF2O3. The van der Waals surface area contributed by atoms with Crippen LogP contribution >= 0.6 is 27.5 Å². The quantitative estimate of drug-likeness (QED) is 0.789. The second kappa shape index (κ2) is 6.41. The molecule has 0 fully saturated rings. The van der Waals surface area contributed by atoms with Crippen LogP contribution in [0.15, 0.2) is 34.8 Å². The van der Waals surface area contributed by atoms with Gasteiger partial charge in [-0.05, 0) is 40.2 Å². The van der Waals surface area contributed by atoms with Crippen molar-refractivity contribution >= 4 is 33.5 Å². The van der Waals surface area contributed by atoms with E-state index in [4.69, 9.17) is 21.4 Å². The van der Waals surface area contributed by atoms with E-state index in [2.05, 4.69) is 15.9 Å². The minimum absolute atomic E-state index is 0.0529. The summed E-state index contributed by atoms with van der Waals surface area (Å²) < 4.78 is 32.7.